The van der Waals surface area contributed by atoms with Gasteiger partial charge in [-0.15, -0.1) is 24.0 Å². The number of nitrogens with zero attached hydrogens (tertiary/aromatic N) is 2. The van der Waals surface area contributed by atoms with Crippen molar-refractivity contribution in [3.05, 3.63) is 0 Å². The Bertz CT molecular complexity index is 197. The summed E-state index contributed by atoms with van der Waals surface area (Å²) in [7, 11) is 2.05. The number of guanidine groups is 1. The van der Waals surface area contributed by atoms with Crippen molar-refractivity contribution in [2.75, 3.05) is 7.05 Å². The zero-order chi connectivity index (χ0) is 8.55. The van der Waals surface area contributed by atoms with Crippen LogP contribution in [0.15, 0.2) is 4.99 Å². The first-order valence-electron chi connectivity index (χ1n) is 4.83. The van der Waals surface area contributed by atoms with Gasteiger partial charge in [0, 0.05) is 13.1 Å². The van der Waals surface area contributed by atoms with E-state index >= 15 is 0 Å². The Hall–Kier alpha value is 0. The van der Waals surface area contributed by atoms with Gasteiger partial charge in [0.1, 0.15) is 0 Å². The standard InChI is InChI=1S/C9H17N3.HI/c1-12(8-5-6-8)9(10)11-7-3-2-4-7;/h7-8H,2-6H2,1H3,(H2,10,11);1H. The van der Waals surface area contributed by atoms with Crippen molar-refractivity contribution in [2.24, 2.45) is 10.7 Å². The molecule has 2 fully saturated rings. The summed E-state index contributed by atoms with van der Waals surface area (Å²) in [5.41, 5.74) is 5.84. The van der Waals surface area contributed by atoms with E-state index in [1.54, 1.807) is 0 Å². The van der Waals surface area contributed by atoms with Crippen molar-refractivity contribution >= 4 is 29.9 Å². The Labute approximate surface area is 96.8 Å². The Morgan fingerprint density at radius 1 is 1.31 bits per heavy atom. The van der Waals surface area contributed by atoms with Gasteiger partial charge in [-0.1, -0.05) is 0 Å². The van der Waals surface area contributed by atoms with Gasteiger partial charge in [0.25, 0.3) is 0 Å². The molecule has 0 unspecified atom stereocenters. The molecule has 0 heterocycles. The third-order valence-corrected chi connectivity index (χ3v) is 2.85. The van der Waals surface area contributed by atoms with Crippen molar-refractivity contribution in [3.63, 3.8) is 0 Å². The Balaban J connectivity index is 0.000000845. The maximum absolute atomic E-state index is 5.84. The molecule has 0 amide bonds. The van der Waals surface area contributed by atoms with E-state index < -0.39 is 0 Å². The molecule has 2 rings (SSSR count). The van der Waals surface area contributed by atoms with Crippen molar-refractivity contribution in [3.8, 4) is 0 Å². The second-order valence-corrected chi connectivity index (χ2v) is 3.91. The van der Waals surface area contributed by atoms with Crippen molar-refractivity contribution in [1.82, 2.24) is 4.90 Å². The van der Waals surface area contributed by atoms with Gasteiger partial charge in [-0.2, -0.15) is 0 Å². The Morgan fingerprint density at radius 2 is 1.92 bits per heavy atom. The lowest BCUT2D eigenvalue weighted by atomic mass is 9.94. The SMILES string of the molecule is CN(C(N)=NC1CCC1)C1CC1.I. The molecule has 0 spiro atoms. The largest absolute Gasteiger partial charge is 0.370 e. The molecule has 0 saturated heterocycles. The fourth-order valence-electron chi connectivity index (χ4n) is 1.44. The number of rotatable bonds is 2. The molecule has 13 heavy (non-hydrogen) atoms. The molecule has 0 aromatic rings. The minimum Gasteiger partial charge on any atom is -0.370 e. The van der Waals surface area contributed by atoms with Crippen LogP contribution in [0.3, 0.4) is 0 Å². The molecular weight excluding hydrogens is 277 g/mol. The van der Waals surface area contributed by atoms with E-state index in [9.17, 15) is 0 Å². The lowest BCUT2D eigenvalue weighted by Gasteiger charge is -2.24. The van der Waals surface area contributed by atoms with Gasteiger partial charge in [0.2, 0.25) is 0 Å². The molecule has 0 aromatic heterocycles. The number of halogens is 1. The molecule has 3 nitrogen and oxygen atoms in total. The van der Waals surface area contributed by atoms with Crippen molar-refractivity contribution in [1.29, 1.82) is 0 Å². The van der Waals surface area contributed by atoms with Gasteiger partial charge in [-0.05, 0) is 32.1 Å². The first-order valence-corrected chi connectivity index (χ1v) is 4.83. The van der Waals surface area contributed by atoms with Crippen LogP contribution < -0.4 is 5.73 Å². The predicted octanol–water partition coefficient (Wildman–Crippen LogP) is 1.57. The Kier molecular flexibility index (Phi) is 3.82. The molecule has 4 heteroatoms. The summed E-state index contributed by atoms with van der Waals surface area (Å²) in [4.78, 5) is 6.59. The van der Waals surface area contributed by atoms with Crippen LogP contribution in [0.4, 0.5) is 0 Å². The third kappa shape index (κ3) is 2.72. The lowest BCUT2D eigenvalue weighted by molar-refractivity contribution is 0.406. The summed E-state index contributed by atoms with van der Waals surface area (Å²) in [6.45, 7) is 0. The van der Waals surface area contributed by atoms with Crippen LogP contribution in [0.1, 0.15) is 32.1 Å². The van der Waals surface area contributed by atoms with Crippen LogP contribution in [0, 0.1) is 0 Å². The number of hydrogen-bond acceptors (Lipinski definition) is 1. The maximum atomic E-state index is 5.84. The van der Waals surface area contributed by atoms with Crippen molar-refractivity contribution < 1.29 is 0 Å². The minimum atomic E-state index is 0. The minimum absolute atomic E-state index is 0. The van der Waals surface area contributed by atoms with Crippen molar-refractivity contribution in [2.45, 2.75) is 44.2 Å². The van der Waals surface area contributed by atoms with E-state index in [1.165, 1.54) is 32.1 Å². The zero-order valence-corrected chi connectivity index (χ0v) is 10.4. The normalized spacial score (nSPS) is 23.3. The summed E-state index contributed by atoms with van der Waals surface area (Å²) in [6.07, 6.45) is 6.38. The summed E-state index contributed by atoms with van der Waals surface area (Å²) < 4.78 is 0. The smallest absolute Gasteiger partial charge is 0.191 e. The van der Waals surface area contributed by atoms with E-state index in [1.807, 2.05) is 0 Å². The summed E-state index contributed by atoms with van der Waals surface area (Å²) in [6, 6.07) is 1.22. The molecule has 0 bridgehead atoms. The van der Waals surface area contributed by atoms with Gasteiger partial charge < -0.3 is 10.6 Å². The highest BCUT2D eigenvalue weighted by Crippen LogP contribution is 2.26. The first kappa shape index (κ1) is 11.1. The van der Waals surface area contributed by atoms with Crippen LogP contribution in [-0.2, 0) is 0 Å². The fraction of sp³-hybridized carbons (Fsp3) is 0.889. The van der Waals surface area contributed by atoms with Gasteiger partial charge in [-0.25, -0.2) is 4.99 Å². The van der Waals surface area contributed by atoms with E-state index in [0.717, 1.165) is 5.96 Å². The fourth-order valence-corrected chi connectivity index (χ4v) is 1.44. The van der Waals surface area contributed by atoms with Gasteiger partial charge in [-0.3, -0.25) is 0 Å². The molecule has 2 aliphatic rings. The van der Waals surface area contributed by atoms with Crippen LogP contribution >= 0.6 is 24.0 Å². The highest BCUT2D eigenvalue weighted by atomic mass is 127. The first-order chi connectivity index (χ1) is 5.77. The maximum Gasteiger partial charge on any atom is 0.191 e. The third-order valence-electron chi connectivity index (χ3n) is 2.85. The van der Waals surface area contributed by atoms with Crippen LogP contribution in [0.2, 0.25) is 0 Å². The van der Waals surface area contributed by atoms with Crippen LogP contribution in [-0.4, -0.2) is 30.0 Å². The second kappa shape index (κ2) is 4.48. The topological polar surface area (TPSA) is 41.6 Å². The summed E-state index contributed by atoms with van der Waals surface area (Å²) >= 11 is 0. The predicted molar refractivity (Wildman–Crippen MR) is 65.5 cm³/mol. The second-order valence-electron chi connectivity index (χ2n) is 3.91. The van der Waals surface area contributed by atoms with E-state index in [-0.39, 0.29) is 24.0 Å². The summed E-state index contributed by atoms with van der Waals surface area (Å²) in [5.74, 6) is 0.752. The molecule has 2 aliphatic carbocycles. The lowest BCUT2D eigenvalue weighted by Crippen LogP contribution is -2.37. The van der Waals surface area contributed by atoms with Gasteiger partial charge >= 0.3 is 0 Å². The van der Waals surface area contributed by atoms with Crippen LogP contribution in [0.25, 0.3) is 0 Å². The average molecular weight is 295 g/mol. The molecule has 2 N–H and O–H groups in total. The average Bonchev–Trinajstić information content (AvgIpc) is 2.77. The Morgan fingerprint density at radius 3 is 2.31 bits per heavy atom. The monoisotopic (exact) mass is 295 g/mol. The molecule has 0 radical (unpaired) electrons. The zero-order valence-electron chi connectivity index (χ0n) is 8.07. The summed E-state index contributed by atoms with van der Waals surface area (Å²) in [5, 5.41) is 0. The highest BCUT2D eigenvalue weighted by Gasteiger charge is 2.28. The quantitative estimate of drug-likeness (QED) is 0.477. The van der Waals surface area contributed by atoms with Gasteiger partial charge in [0.15, 0.2) is 5.96 Å². The molecule has 0 aromatic carbocycles. The molecule has 2 saturated carbocycles. The van der Waals surface area contributed by atoms with E-state index in [0.29, 0.717) is 12.1 Å². The number of hydrogen-bond donors (Lipinski definition) is 1. The number of aliphatic imine (C=N–C) groups is 1. The molecule has 76 valence electrons. The highest BCUT2D eigenvalue weighted by molar-refractivity contribution is 14.0. The number of nitrogens with two attached hydrogens (primary N) is 1. The van der Waals surface area contributed by atoms with Gasteiger partial charge in [0.05, 0.1) is 6.04 Å². The molecular formula is C9H18IN3. The van der Waals surface area contributed by atoms with E-state index in [2.05, 4.69) is 16.9 Å². The molecule has 0 atom stereocenters. The van der Waals surface area contributed by atoms with E-state index in [4.69, 9.17) is 5.73 Å². The van der Waals surface area contributed by atoms with Crippen LogP contribution in [0.5, 0.6) is 0 Å². The molecule has 0 aliphatic heterocycles.